The van der Waals surface area contributed by atoms with Crippen LogP contribution in [0.5, 0.6) is 0 Å². The monoisotopic (exact) mass is 322 g/mol. The Hall–Kier alpha value is -1.27. The molecule has 114 valence electrons. The number of thioether (sulfide) groups is 1. The van der Waals surface area contributed by atoms with Crippen LogP contribution >= 0.6 is 23.1 Å². The summed E-state index contributed by atoms with van der Waals surface area (Å²) in [6.45, 7) is 4.04. The Bertz CT molecular complexity index is 543. The van der Waals surface area contributed by atoms with Crippen molar-refractivity contribution in [2.75, 3.05) is 36.6 Å². The van der Waals surface area contributed by atoms with E-state index in [-0.39, 0.29) is 0 Å². The van der Waals surface area contributed by atoms with E-state index in [0.29, 0.717) is 0 Å². The number of hydrogen-bond acceptors (Lipinski definition) is 6. The molecule has 0 aromatic carbocycles. The van der Waals surface area contributed by atoms with Crippen molar-refractivity contribution in [3.05, 3.63) is 28.5 Å². The average Bonchev–Trinajstić information content (AvgIpc) is 3.03. The molecule has 2 aromatic rings. The molecule has 6 heteroatoms. The smallest absolute Gasteiger partial charge is 0.191 e. The van der Waals surface area contributed by atoms with Gasteiger partial charge in [-0.25, -0.2) is 9.97 Å². The molecular formula is C15H22N4S2. The Balaban J connectivity index is 2.05. The topological polar surface area (TPSA) is 41.0 Å². The summed E-state index contributed by atoms with van der Waals surface area (Å²) in [5.74, 6) is 1.89. The summed E-state index contributed by atoms with van der Waals surface area (Å²) in [6, 6.07) is 6.31. The molecule has 2 aromatic heterocycles. The third-order valence-electron chi connectivity index (χ3n) is 3.10. The van der Waals surface area contributed by atoms with Crippen molar-refractivity contribution in [2.24, 2.45) is 0 Å². The number of anilines is 2. The molecule has 0 fully saturated rings. The molecule has 21 heavy (non-hydrogen) atoms. The van der Waals surface area contributed by atoms with E-state index in [2.05, 4.69) is 51.7 Å². The molecule has 0 bridgehead atoms. The second kappa shape index (κ2) is 8.24. The zero-order valence-corrected chi connectivity index (χ0v) is 14.4. The first-order chi connectivity index (χ1) is 10.2. The summed E-state index contributed by atoms with van der Waals surface area (Å²) in [6.07, 6.45) is 4.14. The molecule has 4 nitrogen and oxygen atoms in total. The Morgan fingerprint density at radius 3 is 2.90 bits per heavy atom. The first-order valence-corrected chi connectivity index (χ1v) is 9.23. The lowest BCUT2D eigenvalue weighted by molar-refractivity contribution is 0.838. The highest BCUT2D eigenvalue weighted by atomic mass is 32.2. The highest BCUT2D eigenvalue weighted by Gasteiger charge is 2.08. The van der Waals surface area contributed by atoms with Gasteiger partial charge in [0.25, 0.3) is 0 Å². The van der Waals surface area contributed by atoms with E-state index in [4.69, 9.17) is 0 Å². The Labute approximate surface area is 135 Å². The quantitative estimate of drug-likeness (QED) is 0.592. The van der Waals surface area contributed by atoms with Gasteiger partial charge in [-0.05, 0) is 30.5 Å². The van der Waals surface area contributed by atoms with Gasteiger partial charge in [-0.2, -0.15) is 0 Å². The minimum atomic E-state index is 0.814. The first kappa shape index (κ1) is 16.1. The van der Waals surface area contributed by atoms with E-state index < -0.39 is 0 Å². The maximum atomic E-state index is 4.60. The van der Waals surface area contributed by atoms with Crippen LogP contribution in [-0.4, -0.2) is 36.4 Å². The molecule has 0 radical (unpaired) electrons. The number of thiophene rings is 1. The van der Waals surface area contributed by atoms with Gasteiger partial charge < -0.3 is 10.2 Å². The summed E-state index contributed by atoms with van der Waals surface area (Å²) in [7, 11) is 2.09. The van der Waals surface area contributed by atoms with Crippen LogP contribution in [0.3, 0.4) is 0 Å². The van der Waals surface area contributed by atoms with Crippen molar-refractivity contribution < 1.29 is 0 Å². The summed E-state index contributed by atoms with van der Waals surface area (Å²) >= 11 is 3.38. The van der Waals surface area contributed by atoms with Gasteiger partial charge in [0.1, 0.15) is 11.6 Å². The van der Waals surface area contributed by atoms with Crippen LogP contribution in [0.4, 0.5) is 11.6 Å². The number of nitrogens with zero attached hydrogens (tertiary/aromatic N) is 3. The van der Waals surface area contributed by atoms with Gasteiger partial charge in [0, 0.05) is 31.1 Å². The zero-order valence-electron chi connectivity index (χ0n) is 12.8. The second-order valence-corrected chi connectivity index (χ2v) is 6.58. The van der Waals surface area contributed by atoms with Gasteiger partial charge in [0.2, 0.25) is 0 Å². The largest absolute Gasteiger partial charge is 0.370 e. The Kier molecular flexibility index (Phi) is 6.32. The van der Waals surface area contributed by atoms with Gasteiger partial charge in [-0.15, -0.1) is 11.3 Å². The average molecular weight is 323 g/mol. The van der Waals surface area contributed by atoms with Crippen LogP contribution in [0.25, 0.3) is 0 Å². The lowest BCUT2D eigenvalue weighted by Crippen LogP contribution is -2.22. The molecule has 0 aliphatic carbocycles. The van der Waals surface area contributed by atoms with E-state index in [0.717, 1.165) is 42.7 Å². The van der Waals surface area contributed by atoms with Crippen LogP contribution in [0.1, 0.15) is 18.2 Å². The summed E-state index contributed by atoms with van der Waals surface area (Å²) in [5.41, 5.74) is 0. The number of hydrogen-bond donors (Lipinski definition) is 1. The summed E-state index contributed by atoms with van der Waals surface area (Å²) < 4.78 is 0. The Morgan fingerprint density at radius 2 is 2.24 bits per heavy atom. The third kappa shape index (κ3) is 4.89. The third-order valence-corrected chi connectivity index (χ3v) is 4.58. The van der Waals surface area contributed by atoms with Crippen molar-refractivity contribution in [1.29, 1.82) is 0 Å². The molecule has 0 saturated carbocycles. The van der Waals surface area contributed by atoms with Crippen molar-refractivity contribution in [2.45, 2.75) is 24.9 Å². The van der Waals surface area contributed by atoms with Crippen LogP contribution in [0.15, 0.2) is 28.7 Å². The van der Waals surface area contributed by atoms with Crippen molar-refractivity contribution in [3.63, 3.8) is 0 Å². The fourth-order valence-corrected chi connectivity index (χ4v) is 2.96. The molecule has 2 rings (SSSR count). The molecule has 0 aliphatic heterocycles. The minimum absolute atomic E-state index is 0.814. The molecule has 1 N–H and O–H groups in total. The van der Waals surface area contributed by atoms with Gasteiger partial charge in [-0.1, -0.05) is 24.8 Å². The molecule has 0 unspecified atom stereocenters. The Morgan fingerprint density at radius 1 is 1.38 bits per heavy atom. The SMILES string of the molecule is CCCNc1cc(N(C)CCc2cccs2)nc(SC)n1. The van der Waals surface area contributed by atoms with Gasteiger partial charge in [0.15, 0.2) is 5.16 Å². The van der Waals surface area contributed by atoms with Crippen molar-refractivity contribution in [1.82, 2.24) is 9.97 Å². The van der Waals surface area contributed by atoms with Crippen LogP contribution in [0, 0.1) is 0 Å². The summed E-state index contributed by atoms with van der Waals surface area (Å²) in [4.78, 5) is 12.7. The fourth-order valence-electron chi connectivity index (χ4n) is 1.89. The molecule has 2 heterocycles. The zero-order chi connectivity index (χ0) is 15.1. The number of likely N-dealkylation sites (N-methyl/N-ethyl adjacent to an activating group) is 1. The molecule has 0 spiro atoms. The maximum Gasteiger partial charge on any atom is 0.191 e. The van der Waals surface area contributed by atoms with Crippen molar-refractivity contribution >= 4 is 34.7 Å². The minimum Gasteiger partial charge on any atom is -0.370 e. The lowest BCUT2D eigenvalue weighted by Gasteiger charge is -2.19. The van der Waals surface area contributed by atoms with E-state index in [1.165, 1.54) is 4.88 Å². The van der Waals surface area contributed by atoms with E-state index in [9.17, 15) is 0 Å². The number of aromatic nitrogens is 2. The molecule has 0 saturated heterocycles. The first-order valence-electron chi connectivity index (χ1n) is 7.13. The maximum absolute atomic E-state index is 4.60. The highest BCUT2D eigenvalue weighted by Crippen LogP contribution is 2.20. The summed E-state index contributed by atoms with van der Waals surface area (Å²) in [5, 5.41) is 6.28. The molecule has 0 atom stereocenters. The van der Waals surface area contributed by atoms with Gasteiger partial charge in [-0.3, -0.25) is 0 Å². The van der Waals surface area contributed by atoms with E-state index in [1.54, 1.807) is 23.1 Å². The van der Waals surface area contributed by atoms with Crippen LogP contribution in [0.2, 0.25) is 0 Å². The highest BCUT2D eigenvalue weighted by molar-refractivity contribution is 7.98. The van der Waals surface area contributed by atoms with Crippen molar-refractivity contribution in [3.8, 4) is 0 Å². The second-order valence-electron chi connectivity index (χ2n) is 4.78. The predicted octanol–water partition coefficient (Wildman–Crippen LogP) is 3.76. The van der Waals surface area contributed by atoms with Crippen LogP contribution in [-0.2, 0) is 6.42 Å². The van der Waals surface area contributed by atoms with E-state index >= 15 is 0 Å². The molecule has 0 amide bonds. The number of nitrogens with one attached hydrogen (secondary N) is 1. The van der Waals surface area contributed by atoms with E-state index in [1.807, 2.05) is 12.3 Å². The lowest BCUT2D eigenvalue weighted by atomic mass is 10.3. The normalized spacial score (nSPS) is 10.6. The molecular weight excluding hydrogens is 300 g/mol. The van der Waals surface area contributed by atoms with Gasteiger partial charge >= 0.3 is 0 Å². The molecule has 0 aliphatic rings. The van der Waals surface area contributed by atoms with Crippen LogP contribution < -0.4 is 10.2 Å². The number of rotatable bonds is 8. The standard InChI is InChI=1S/C15H22N4S2/c1-4-8-16-13-11-14(18-15(17-13)20-3)19(2)9-7-12-6-5-10-21-12/h5-6,10-11H,4,7-9H2,1-3H3,(H,16,17,18). The predicted molar refractivity (Wildman–Crippen MR) is 93.9 cm³/mol. The van der Waals surface area contributed by atoms with Gasteiger partial charge in [0.05, 0.1) is 0 Å². The fraction of sp³-hybridized carbons (Fsp3) is 0.467.